The summed E-state index contributed by atoms with van der Waals surface area (Å²) in [7, 11) is 1.63. The van der Waals surface area contributed by atoms with E-state index in [9.17, 15) is 5.26 Å². The fourth-order valence-electron chi connectivity index (χ4n) is 2.76. The van der Waals surface area contributed by atoms with Crippen molar-refractivity contribution in [2.75, 3.05) is 12.8 Å². The minimum absolute atomic E-state index is 0.235. The summed E-state index contributed by atoms with van der Waals surface area (Å²) < 4.78 is 5.22. The lowest BCUT2D eigenvalue weighted by atomic mass is 9.90. The number of hydrogen-bond donors (Lipinski definition) is 1. The molecule has 0 saturated heterocycles. The van der Waals surface area contributed by atoms with E-state index >= 15 is 0 Å². The molecule has 118 valence electrons. The first-order chi connectivity index (χ1) is 11.7. The largest absolute Gasteiger partial charge is 0.497 e. The molecule has 24 heavy (non-hydrogen) atoms. The van der Waals surface area contributed by atoms with Crippen molar-refractivity contribution in [3.05, 3.63) is 60.0 Å². The Morgan fingerprint density at radius 1 is 1.00 bits per heavy atom. The standard InChI is InChI=1S/C19H16N4O/c1-12-17(13-3-5-15(24-2)6-4-13)18(14-7-9-22-10-8-14)16(11-20)19(21)23-12/h3-10H,1-2H3,(H2,21,23). The van der Waals surface area contributed by atoms with Crippen molar-refractivity contribution in [1.82, 2.24) is 9.97 Å². The van der Waals surface area contributed by atoms with Gasteiger partial charge in [0.2, 0.25) is 0 Å². The average molecular weight is 316 g/mol. The molecule has 0 amide bonds. The van der Waals surface area contributed by atoms with Crippen LogP contribution in [0.1, 0.15) is 11.3 Å². The third kappa shape index (κ3) is 2.66. The predicted octanol–water partition coefficient (Wildman–Crippen LogP) is 3.58. The quantitative estimate of drug-likeness (QED) is 0.798. The zero-order valence-electron chi connectivity index (χ0n) is 13.4. The van der Waals surface area contributed by atoms with E-state index in [2.05, 4.69) is 16.0 Å². The molecule has 0 spiro atoms. The Morgan fingerprint density at radius 2 is 1.62 bits per heavy atom. The lowest BCUT2D eigenvalue weighted by molar-refractivity contribution is 0.415. The van der Waals surface area contributed by atoms with Crippen LogP contribution in [0.15, 0.2) is 48.8 Å². The number of nitriles is 1. The van der Waals surface area contributed by atoms with Crippen molar-refractivity contribution >= 4 is 5.82 Å². The summed E-state index contributed by atoms with van der Waals surface area (Å²) in [5.74, 6) is 1.00. The summed E-state index contributed by atoms with van der Waals surface area (Å²) in [6.07, 6.45) is 3.39. The second kappa shape index (κ2) is 6.39. The molecule has 2 aromatic heterocycles. The number of nitrogens with two attached hydrogens (primary N) is 1. The van der Waals surface area contributed by atoms with Crippen LogP contribution in [0.4, 0.5) is 5.82 Å². The number of methoxy groups -OCH3 is 1. The molecule has 2 heterocycles. The van der Waals surface area contributed by atoms with E-state index in [4.69, 9.17) is 10.5 Å². The molecule has 0 atom stereocenters. The van der Waals surface area contributed by atoms with Gasteiger partial charge >= 0.3 is 0 Å². The lowest BCUT2D eigenvalue weighted by Gasteiger charge is -2.16. The fourth-order valence-corrected chi connectivity index (χ4v) is 2.76. The van der Waals surface area contributed by atoms with Crippen molar-refractivity contribution < 1.29 is 4.74 Å². The van der Waals surface area contributed by atoms with E-state index in [1.54, 1.807) is 19.5 Å². The Labute approximate surface area is 140 Å². The van der Waals surface area contributed by atoms with E-state index in [1.165, 1.54) is 0 Å². The number of rotatable bonds is 3. The van der Waals surface area contributed by atoms with Crippen LogP contribution in [-0.2, 0) is 0 Å². The summed E-state index contributed by atoms with van der Waals surface area (Å²) >= 11 is 0. The molecule has 0 aliphatic carbocycles. The Kier molecular flexibility index (Phi) is 4.13. The minimum Gasteiger partial charge on any atom is -0.497 e. The van der Waals surface area contributed by atoms with E-state index in [1.807, 2.05) is 43.3 Å². The molecule has 0 fully saturated rings. The van der Waals surface area contributed by atoms with Crippen molar-refractivity contribution in [2.24, 2.45) is 0 Å². The van der Waals surface area contributed by atoms with Crippen LogP contribution in [0.2, 0.25) is 0 Å². The number of aromatic nitrogens is 2. The fraction of sp³-hybridized carbons (Fsp3) is 0.105. The van der Waals surface area contributed by atoms with Crippen molar-refractivity contribution in [3.63, 3.8) is 0 Å². The van der Waals surface area contributed by atoms with Crippen LogP contribution >= 0.6 is 0 Å². The SMILES string of the molecule is COc1ccc(-c2c(C)nc(N)c(C#N)c2-c2ccncc2)cc1. The smallest absolute Gasteiger partial charge is 0.142 e. The molecule has 0 radical (unpaired) electrons. The summed E-state index contributed by atoms with van der Waals surface area (Å²) in [6, 6.07) is 13.6. The highest BCUT2D eigenvalue weighted by Crippen LogP contribution is 2.38. The van der Waals surface area contributed by atoms with Crippen LogP contribution in [0.25, 0.3) is 22.3 Å². The molecule has 0 bridgehead atoms. The Balaban J connectivity index is 2.34. The van der Waals surface area contributed by atoms with Gasteiger partial charge in [-0.15, -0.1) is 0 Å². The molecule has 0 unspecified atom stereocenters. The highest BCUT2D eigenvalue weighted by molar-refractivity contribution is 5.91. The molecular weight excluding hydrogens is 300 g/mol. The summed E-state index contributed by atoms with van der Waals surface area (Å²) in [5, 5.41) is 9.60. The van der Waals surface area contributed by atoms with Crippen LogP contribution < -0.4 is 10.5 Å². The number of hydrogen-bond acceptors (Lipinski definition) is 5. The van der Waals surface area contributed by atoms with Crippen LogP contribution in [0.5, 0.6) is 5.75 Å². The van der Waals surface area contributed by atoms with Gasteiger partial charge in [-0.05, 0) is 42.3 Å². The number of ether oxygens (including phenoxy) is 1. The highest BCUT2D eigenvalue weighted by Gasteiger charge is 2.19. The van der Waals surface area contributed by atoms with Crippen molar-refractivity contribution in [1.29, 1.82) is 5.26 Å². The van der Waals surface area contributed by atoms with Crippen LogP contribution in [-0.4, -0.2) is 17.1 Å². The number of pyridine rings is 2. The van der Waals surface area contributed by atoms with E-state index in [0.29, 0.717) is 5.56 Å². The Hall–Kier alpha value is -3.39. The van der Waals surface area contributed by atoms with E-state index < -0.39 is 0 Å². The first kappa shape index (κ1) is 15.5. The van der Waals surface area contributed by atoms with Crippen LogP contribution in [0.3, 0.4) is 0 Å². The number of anilines is 1. The number of aryl methyl sites for hydroxylation is 1. The maximum Gasteiger partial charge on any atom is 0.142 e. The average Bonchev–Trinajstić information content (AvgIpc) is 2.62. The molecule has 0 aliphatic rings. The lowest BCUT2D eigenvalue weighted by Crippen LogP contribution is -2.03. The monoisotopic (exact) mass is 316 g/mol. The molecular formula is C19H16N4O. The van der Waals surface area contributed by atoms with Gasteiger partial charge in [-0.1, -0.05) is 12.1 Å². The topological polar surface area (TPSA) is 84.8 Å². The zero-order chi connectivity index (χ0) is 17.1. The maximum atomic E-state index is 9.60. The van der Waals surface area contributed by atoms with Gasteiger partial charge in [0.05, 0.1) is 7.11 Å². The molecule has 5 nitrogen and oxygen atoms in total. The minimum atomic E-state index is 0.235. The summed E-state index contributed by atoms with van der Waals surface area (Å²) in [5.41, 5.74) is 10.6. The van der Waals surface area contributed by atoms with Crippen molar-refractivity contribution in [3.8, 4) is 34.1 Å². The number of nitrogen functional groups attached to an aromatic ring is 1. The van der Waals surface area contributed by atoms with Gasteiger partial charge in [-0.2, -0.15) is 5.26 Å². The molecule has 3 aromatic rings. The van der Waals surface area contributed by atoms with Crippen molar-refractivity contribution in [2.45, 2.75) is 6.92 Å². The maximum absolute atomic E-state index is 9.60. The Morgan fingerprint density at radius 3 is 2.21 bits per heavy atom. The van der Waals surface area contributed by atoms with E-state index in [0.717, 1.165) is 33.7 Å². The molecule has 5 heteroatoms. The van der Waals surface area contributed by atoms with Gasteiger partial charge in [0.15, 0.2) is 0 Å². The zero-order valence-corrected chi connectivity index (χ0v) is 13.4. The Bertz CT molecular complexity index is 913. The molecule has 2 N–H and O–H groups in total. The number of nitrogens with zero attached hydrogens (tertiary/aromatic N) is 3. The molecule has 1 aromatic carbocycles. The van der Waals surface area contributed by atoms with Gasteiger partial charge in [0.25, 0.3) is 0 Å². The molecule has 0 saturated carbocycles. The van der Waals surface area contributed by atoms with Gasteiger partial charge in [0.1, 0.15) is 23.2 Å². The van der Waals surface area contributed by atoms with Gasteiger partial charge in [-0.25, -0.2) is 4.98 Å². The second-order valence-electron chi connectivity index (χ2n) is 5.28. The normalized spacial score (nSPS) is 10.2. The number of benzene rings is 1. The molecule has 0 aliphatic heterocycles. The van der Waals surface area contributed by atoms with Gasteiger partial charge in [-0.3, -0.25) is 4.98 Å². The highest BCUT2D eigenvalue weighted by atomic mass is 16.5. The molecule has 3 rings (SSSR count). The van der Waals surface area contributed by atoms with Crippen LogP contribution in [0, 0.1) is 18.3 Å². The van der Waals surface area contributed by atoms with E-state index in [-0.39, 0.29) is 5.82 Å². The third-order valence-corrected chi connectivity index (χ3v) is 3.87. The van der Waals surface area contributed by atoms with Gasteiger partial charge < -0.3 is 10.5 Å². The summed E-state index contributed by atoms with van der Waals surface area (Å²) in [6.45, 7) is 1.89. The second-order valence-corrected chi connectivity index (χ2v) is 5.28. The first-order valence-corrected chi connectivity index (χ1v) is 7.40. The van der Waals surface area contributed by atoms with Gasteiger partial charge in [0, 0.05) is 29.2 Å². The predicted molar refractivity (Wildman–Crippen MR) is 93.3 cm³/mol. The third-order valence-electron chi connectivity index (χ3n) is 3.87. The first-order valence-electron chi connectivity index (χ1n) is 7.40. The summed E-state index contributed by atoms with van der Waals surface area (Å²) in [4.78, 5) is 8.41.